The number of nitrogens with zero attached hydrogens (tertiary/aromatic N) is 1. The van der Waals surface area contributed by atoms with E-state index in [4.69, 9.17) is 4.74 Å². The molecule has 218 valence electrons. The summed E-state index contributed by atoms with van der Waals surface area (Å²) in [7, 11) is 1.73. The van der Waals surface area contributed by atoms with E-state index >= 15 is 0 Å². The zero-order chi connectivity index (χ0) is 30.3. The Morgan fingerprint density at radius 3 is 2.36 bits per heavy atom. The van der Waals surface area contributed by atoms with E-state index in [0.29, 0.717) is 0 Å². The number of methoxy groups -OCH3 is 1. The molecule has 6 bridgehead atoms. The van der Waals surface area contributed by atoms with Gasteiger partial charge in [0.05, 0.1) is 5.41 Å². The van der Waals surface area contributed by atoms with Crippen LogP contribution in [0.5, 0.6) is 0 Å². The van der Waals surface area contributed by atoms with E-state index in [-0.39, 0.29) is 7.65 Å². The maximum atomic E-state index is 5.75. The summed E-state index contributed by atoms with van der Waals surface area (Å²) in [6.07, 6.45) is 9.63. The molecule has 0 amide bonds. The molecular weight excluding hydrogens is 512 g/mol. The SMILES string of the molecule is C=CC1(c2cccnc2)c2ccc(C)c(c2)CCC(=C)c2cccc(c2)C2=CC(OC)Nc3ccc1cc32.CC.CC.[HH]. The largest absolute Gasteiger partial charge is 0.358 e. The van der Waals surface area contributed by atoms with Crippen molar-refractivity contribution in [3.05, 3.63) is 155 Å². The molecule has 0 radical (unpaired) electrons. The number of aromatic nitrogens is 1. The monoisotopic (exact) mass is 558 g/mol. The number of ether oxygens (including phenoxy) is 1. The van der Waals surface area contributed by atoms with Gasteiger partial charge in [-0.2, -0.15) is 0 Å². The number of nitrogens with one attached hydrogen (secondary N) is 1. The molecule has 3 nitrogen and oxygen atoms in total. The Bertz CT molecular complexity index is 1590. The fraction of sp³-hybridized carbons (Fsp3) is 0.256. The lowest BCUT2D eigenvalue weighted by molar-refractivity contribution is 0.162. The molecule has 1 N–H and O–H groups in total. The molecule has 0 spiro atoms. The molecule has 4 aromatic rings. The van der Waals surface area contributed by atoms with Crippen molar-refractivity contribution in [3.8, 4) is 0 Å². The minimum atomic E-state index is -0.571. The van der Waals surface area contributed by atoms with Gasteiger partial charge in [-0.25, -0.2) is 0 Å². The van der Waals surface area contributed by atoms with E-state index < -0.39 is 5.41 Å². The lowest BCUT2D eigenvalue weighted by Crippen LogP contribution is -2.29. The Labute approximate surface area is 254 Å². The van der Waals surface area contributed by atoms with Crippen molar-refractivity contribution in [2.24, 2.45) is 0 Å². The predicted octanol–water partition coefficient (Wildman–Crippen LogP) is 10.00. The number of hydrogen-bond acceptors (Lipinski definition) is 3. The Kier molecular flexibility index (Phi) is 9.98. The van der Waals surface area contributed by atoms with Crippen molar-refractivity contribution in [2.45, 2.75) is 59.1 Å². The Hall–Kier alpha value is -4.21. The van der Waals surface area contributed by atoms with Crippen LogP contribution in [-0.2, 0) is 16.6 Å². The molecule has 1 aliphatic heterocycles. The minimum absolute atomic E-state index is 0. The van der Waals surface area contributed by atoms with Crippen LogP contribution in [0.1, 0.15) is 80.1 Å². The first kappa shape index (κ1) is 30.7. The van der Waals surface area contributed by atoms with Crippen molar-refractivity contribution in [1.29, 1.82) is 0 Å². The predicted molar refractivity (Wildman–Crippen MR) is 182 cm³/mol. The standard InChI is InChI=1S/C35H32N2O.2C2H6.H2/c1-5-35(30-10-7-17-36-22-30)28-14-12-24(3)26(19-28)13-11-23(2)25-8-6-9-27(18-25)31-21-34(38-4)37-33-16-15-29(35)20-32(31)33;2*1-2;/h5-10,12,14-22,34,37H,1-2,11,13H2,3-4H3;2*1-2H3;1H. The van der Waals surface area contributed by atoms with Crippen LogP contribution in [0.2, 0.25) is 0 Å². The minimum Gasteiger partial charge on any atom is -0.358 e. The van der Waals surface area contributed by atoms with Crippen LogP contribution < -0.4 is 5.32 Å². The van der Waals surface area contributed by atoms with Crippen molar-refractivity contribution < 1.29 is 6.16 Å². The average molecular weight is 559 g/mol. The van der Waals surface area contributed by atoms with Gasteiger partial charge in [-0.05, 0) is 100 Å². The van der Waals surface area contributed by atoms with Crippen LogP contribution >= 0.6 is 0 Å². The molecule has 2 atom stereocenters. The van der Waals surface area contributed by atoms with Crippen molar-refractivity contribution >= 4 is 16.8 Å². The van der Waals surface area contributed by atoms with Gasteiger partial charge in [0.1, 0.15) is 6.23 Å². The summed E-state index contributed by atoms with van der Waals surface area (Å²) in [5.41, 5.74) is 12.3. The average Bonchev–Trinajstić information content (AvgIpc) is 3.06. The number of allylic oxidation sites excluding steroid dienone is 2. The molecule has 3 aromatic carbocycles. The first-order valence-electron chi connectivity index (χ1n) is 15.1. The second-order valence-corrected chi connectivity index (χ2v) is 10.2. The molecule has 1 aromatic heterocycles. The van der Waals surface area contributed by atoms with E-state index in [1.165, 1.54) is 22.3 Å². The van der Waals surface area contributed by atoms with Gasteiger partial charge in [-0.1, -0.05) is 88.9 Å². The fourth-order valence-electron chi connectivity index (χ4n) is 5.93. The molecule has 2 heterocycles. The topological polar surface area (TPSA) is 34.1 Å². The van der Waals surface area contributed by atoms with Gasteiger partial charge in [0.25, 0.3) is 0 Å². The smallest absolute Gasteiger partial charge is 0.147 e. The number of pyridine rings is 1. The lowest BCUT2D eigenvalue weighted by atomic mass is 9.68. The number of benzene rings is 3. The van der Waals surface area contributed by atoms with E-state index in [9.17, 15) is 0 Å². The Balaban J connectivity index is 0.000000973. The van der Waals surface area contributed by atoms with Gasteiger partial charge in [-0.3, -0.25) is 4.98 Å². The summed E-state index contributed by atoms with van der Waals surface area (Å²) in [4.78, 5) is 4.51. The third-order valence-electron chi connectivity index (χ3n) is 8.14. The summed E-state index contributed by atoms with van der Waals surface area (Å²) in [6.45, 7) is 19.1. The quantitative estimate of drug-likeness (QED) is 0.254. The Morgan fingerprint density at radius 1 is 0.905 bits per heavy atom. The van der Waals surface area contributed by atoms with Gasteiger partial charge < -0.3 is 10.1 Å². The highest BCUT2D eigenvalue weighted by Gasteiger charge is 2.35. The molecule has 1 aliphatic carbocycles. The molecule has 2 unspecified atom stereocenters. The zero-order valence-corrected chi connectivity index (χ0v) is 26.0. The third kappa shape index (κ3) is 5.62. The highest BCUT2D eigenvalue weighted by Crippen LogP contribution is 2.45. The summed E-state index contributed by atoms with van der Waals surface area (Å²) in [6, 6.07) is 26.4. The molecule has 0 saturated carbocycles. The van der Waals surface area contributed by atoms with E-state index in [0.717, 1.165) is 51.9 Å². The number of aryl methyl sites for hydroxylation is 2. The first-order valence-corrected chi connectivity index (χ1v) is 15.1. The summed E-state index contributed by atoms with van der Waals surface area (Å²) >= 11 is 0. The number of hydrogen-bond donors (Lipinski definition) is 1. The van der Waals surface area contributed by atoms with Crippen molar-refractivity contribution in [1.82, 2.24) is 4.98 Å². The van der Waals surface area contributed by atoms with Crippen LogP contribution in [0.3, 0.4) is 0 Å². The van der Waals surface area contributed by atoms with Crippen molar-refractivity contribution in [2.75, 3.05) is 12.4 Å². The lowest BCUT2D eigenvalue weighted by Gasteiger charge is -2.35. The van der Waals surface area contributed by atoms with Crippen LogP contribution in [0.25, 0.3) is 11.1 Å². The second kappa shape index (κ2) is 13.6. The van der Waals surface area contributed by atoms with Gasteiger partial charge in [0.2, 0.25) is 0 Å². The molecule has 42 heavy (non-hydrogen) atoms. The van der Waals surface area contributed by atoms with E-state index in [1.807, 2.05) is 46.2 Å². The molecule has 0 saturated heterocycles. The van der Waals surface area contributed by atoms with E-state index in [1.54, 1.807) is 7.11 Å². The normalized spacial score (nSPS) is 18.5. The first-order chi connectivity index (χ1) is 20.5. The van der Waals surface area contributed by atoms with Gasteiger partial charge in [0.15, 0.2) is 0 Å². The Morgan fingerprint density at radius 2 is 1.64 bits per heavy atom. The maximum Gasteiger partial charge on any atom is 0.147 e. The van der Waals surface area contributed by atoms with Crippen LogP contribution in [0.15, 0.2) is 111 Å². The molecule has 2 aliphatic rings. The fourth-order valence-corrected chi connectivity index (χ4v) is 5.93. The van der Waals surface area contributed by atoms with Gasteiger partial charge in [0, 0.05) is 32.2 Å². The molecule has 3 heteroatoms. The van der Waals surface area contributed by atoms with Crippen LogP contribution in [0.4, 0.5) is 5.69 Å². The number of fused-ring (bicyclic) bond motifs is 6. The van der Waals surface area contributed by atoms with Crippen molar-refractivity contribution in [3.63, 3.8) is 0 Å². The highest BCUT2D eigenvalue weighted by atomic mass is 16.5. The third-order valence-corrected chi connectivity index (χ3v) is 8.14. The highest BCUT2D eigenvalue weighted by molar-refractivity contribution is 5.90. The summed E-state index contributed by atoms with van der Waals surface area (Å²) < 4.78 is 5.75. The van der Waals surface area contributed by atoms with Gasteiger partial charge >= 0.3 is 0 Å². The maximum absolute atomic E-state index is 5.75. The zero-order valence-electron chi connectivity index (χ0n) is 26.0. The summed E-state index contributed by atoms with van der Waals surface area (Å²) in [5, 5.41) is 3.53. The summed E-state index contributed by atoms with van der Waals surface area (Å²) in [5.74, 6) is 0. The number of anilines is 1. The second-order valence-electron chi connectivity index (χ2n) is 10.2. The number of rotatable bonds is 3. The molecular formula is C39H46N2O. The molecule has 6 rings (SSSR count). The van der Waals surface area contributed by atoms with Gasteiger partial charge in [-0.15, -0.1) is 6.58 Å². The molecule has 0 fully saturated rings. The van der Waals surface area contributed by atoms with E-state index in [2.05, 4.69) is 109 Å². The van der Waals surface area contributed by atoms with Crippen LogP contribution in [0, 0.1) is 6.92 Å². The van der Waals surface area contributed by atoms with Crippen LogP contribution in [-0.4, -0.2) is 18.3 Å².